The van der Waals surface area contributed by atoms with Gasteiger partial charge in [0.1, 0.15) is 0 Å². The summed E-state index contributed by atoms with van der Waals surface area (Å²) in [6.07, 6.45) is 4.37. The van der Waals surface area contributed by atoms with E-state index in [-0.39, 0.29) is 0 Å². The fraction of sp³-hybridized carbons (Fsp3) is 0.833. The van der Waals surface area contributed by atoms with Gasteiger partial charge in [0.15, 0.2) is 0 Å². The van der Waals surface area contributed by atoms with Crippen LogP contribution in [0.2, 0.25) is 0 Å². The summed E-state index contributed by atoms with van der Waals surface area (Å²) in [5.74, 6) is 5.20. The lowest BCUT2D eigenvalue weighted by molar-refractivity contribution is -0.456. The maximum Gasteiger partial charge on any atom is 0.321 e. The van der Waals surface area contributed by atoms with Crippen molar-refractivity contribution in [1.82, 2.24) is 5.43 Å². The number of hydrogen-bond acceptors (Lipinski definition) is 2. The summed E-state index contributed by atoms with van der Waals surface area (Å²) < 4.78 is 0. The first-order chi connectivity index (χ1) is 4.85. The molecule has 0 unspecified atom stereocenters. The van der Waals surface area contributed by atoms with Crippen molar-refractivity contribution in [3.05, 3.63) is 0 Å². The van der Waals surface area contributed by atoms with Gasteiger partial charge in [0, 0.05) is 0 Å². The van der Waals surface area contributed by atoms with Gasteiger partial charge in [-0.05, 0) is 24.4 Å². The van der Waals surface area contributed by atoms with E-state index >= 15 is 0 Å². The van der Waals surface area contributed by atoms with Crippen molar-refractivity contribution < 1.29 is 4.99 Å². The molecule has 0 aromatic heterocycles. The van der Waals surface area contributed by atoms with Crippen molar-refractivity contribution in [1.29, 1.82) is 0 Å². The summed E-state index contributed by atoms with van der Waals surface area (Å²) in [7, 11) is 0. The third kappa shape index (κ3) is 4.64. The molecule has 0 aromatic rings. The SMILES string of the molecule is CCCC[NH+]=C(NN)SC. The zero-order valence-electron chi connectivity index (χ0n) is 6.61. The standard InChI is InChI=1S/C6H15N3S/c1-3-4-5-8-6(9-7)10-2/h3-5,7H2,1-2H3,(H,8,9)/p+1. The van der Waals surface area contributed by atoms with Gasteiger partial charge in [0.25, 0.3) is 0 Å². The van der Waals surface area contributed by atoms with Gasteiger partial charge in [-0.1, -0.05) is 13.3 Å². The molecule has 60 valence electrons. The molecule has 0 rings (SSSR count). The van der Waals surface area contributed by atoms with Gasteiger partial charge in [-0.2, -0.15) is 11.3 Å². The molecule has 0 spiro atoms. The van der Waals surface area contributed by atoms with Gasteiger partial charge in [-0.3, -0.25) is 4.99 Å². The first-order valence-corrected chi connectivity index (χ1v) is 4.69. The van der Waals surface area contributed by atoms with Crippen molar-refractivity contribution in [3.8, 4) is 0 Å². The quantitative estimate of drug-likeness (QED) is 0.165. The predicted octanol–water partition coefficient (Wildman–Crippen LogP) is -0.951. The second kappa shape index (κ2) is 6.89. The Morgan fingerprint density at radius 1 is 1.70 bits per heavy atom. The van der Waals surface area contributed by atoms with Crippen LogP contribution in [-0.4, -0.2) is 18.0 Å². The Hall–Kier alpha value is -0.220. The number of nitrogens with one attached hydrogen (secondary N) is 2. The Kier molecular flexibility index (Phi) is 6.74. The third-order valence-electron chi connectivity index (χ3n) is 1.15. The number of rotatable bonds is 3. The van der Waals surface area contributed by atoms with Crippen LogP contribution < -0.4 is 16.3 Å². The largest absolute Gasteiger partial charge is 0.321 e. The fourth-order valence-electron chi connectivity index (χ4n) is 0.561. The number of hydrazine groups is 1. The van der Waals surface area contributed by atoms with Gasteiger partial charge in [-0.15, -0.1) is 0 Å². The molecule has 4 N–H and O–H groups in total. The highest BCUT2D eigenvalue weighted by Gasteiger charge is 1.96. The highest BCUT2D eigenvalue weighted by atomic mass is 32.2. The zero-order chi connectivity index (χ0) is 7.82. The molecule has 3 nitrogen and oxygen atoms in total. The van der Waals surface area contributed by atoms with Crippen LogP contribution in [-0.2, 0) is 0 Å². The number of hydrogen-bond donors (Lipinski definition) is 3. The second-order valence-corrected chi connectivity index (χ2v) is 2.77. The molecule has 0 heterocycles. The Labute approximate surface area is 66.4 Å². The molecule has 0 saturated carbocycles. The lowest BCUT2D eigenvalue weighted by Gasteiger charge is -1.92. The molecule has 0 bridgehead atoms. The van der Waals surface area contributed by atoms with Gasteiger partial charge in [0.2, 0.25) is 0 Å². The third-order valence-corrected chi connectivity index (χ3v) is 1.82. The van der Waals surface area contributed by atoms with Crippen LogP contribution in [0.5, 0.6) is 0 Å². The monoisotopic (exact) mass is 162 g/mol. The Morgan fingerprint density at radius 2 is 2.40 bits per heavy atom. The van der Waals surface area contributed by atoms with E-state index in [1.807, 2.05) is 6.26 Å². The molecule has 0 atom stereocenters. The van der Waals surface area contributed by atoms with Crippen molar-refractivity contribution in [2.24, 2.45) is 5.84 Å². The zero-order valence-corrected chi connectivity index (χ0v) is 7.42. The summed E-state index contributed by atoms with van der Waals surface area (Å²) in [6, 6.07) is 0. The molecule has 0 aliphatic rings. The van der Waals surface area contributed by atoms with Gasteiger partial charge >= 0.3 is 5.17 Å². The van der Waals surface area contributed by atoms with E-state index in [1.54, 1.807) is 11.8 Å². The van der Waals surface area contributed by atoms with E-state index in [4.69, 9.17) is 5.84 Å². The van der Waals surface area contributed by atoms with E-state index < -0.39 is 0 Å². The first-order valence-electron chi connectivity index (χ1n) is 3.46. The summed E-state index contributed by atoms with van der Waals surface area (Å²) in [6.45, 7) is 3.16. The van der Waals surface area contributed by atoms with Gasteiger partial charge in [-0.25, -0.2) is 0 Å². The normalized spacial score (nSPS) is 11.7. The number of amidine groups is 1. The van der Waals surface area contributed by atoms with Crippen molar-refractivity contribution in [3.63, 3.8) is 0 Å². The minimum atomic E-state index is 0.938. The maximum atomic E-state index is 5.20. The number of thioether (sulfide) groups is 1. The minimum Gasteiger partial charge on any atom is -0.268 e. The lowest BCUT2D eigenvalue weighted by Crippen LogP contribution is -2.75. The fourth-order valence-corrected chi connectivity index (χ4v) is 0.925. The van der Waals surface area contributed by atoms with Crippen LogP contribution in [0.25, 0.3) is 0 Å². The van der Waals surface area contributed by atoms with Crippen LogP contribution in [0.1, 0.15) is 19.8 Å². The summed E-state index contributed by atoms with van der Waals surface area (Å²) >= 11 is 1.59. The van der Waals surface area contributed by atoms with Crippen LogP contribution >= 0.6 is 11.8 Å². The molecule has 0 amide bonds. The maximum absolute atomic E-state index is 5.20. The summed E-state index contributed by atoms with van der Waals surface area (Å²) in [5.41, 5.74) is 2.58. The van der Waals surface area contributed by atoms with Crippen molar-refractivity contribution in [2.75, 3.05) is 12.8 Å². The van der Waals surface area contributed by atoms with Gasteiger partial charge < -0.3 is 0 Å². The smallest absolute Gasteiger partial charge is 0.268 e. The minimum absolute atomic E-state index is 0.938. The first kappa shape index (κ1) is 9.78. The summed E-state index contributed by atoms with van der Waals surface area (Å²) in [4.78, 5) is 3.16. The second-order valence-electron chi connectivity index (χ2n) is 1.96. The Morgan fingerprint density at radius 3 is 2.80 bits per heavy atom. The van der Waals surface area contributed by atoms with Crippen LogP contribution in [0.15, 0.2) is 0 Å². The van der Waals surface area contributed by atoms with Crippen LogP contribution in [0.4, 0.5) is 0 Å². The Balaban J connectivity index is 3.43. The number of unbranched alkanes of at least 4 members (excludes halogenated alkanes) is 1. The topological polar surface area (TPSA) is 52.0 Å². The van der Waals surface area contributed by atoms with Crippen LogP contribution in [0, 0.1) is 0 Å². The molecule has 0 aliphatic carbocycles. The van der Waals surface area contributed by atoms with Crippen molar-refractivity contribution in [2.45, 2.75) is 19.8 Å². The molecule has 0 fully saturated rings. The molecule has 4 heteroatoms. The average Bonchev–Trinajstić information content (AvgIpc) is 1.99. The Bertz CT molecular complexity index is 97.2. The molecule has 0 aromatic carbocycles. The highest BCUT2D eigenvalue weighted by Crippen LogP contribution is 1.84. The highest BCUT2D eigenvalue weighted by molar-refractivity contribution is 8.12. The predicted molar refractivity (Wildman–Crippen MR) is 46.6 cm³/mol. The molecular formula is C6H16N3S+. The van der Waals surface area contributed by atoms with E-state index in [1.165, 1.54) is 12.8 Å². The van der Waals surface area contributed by atoms with E-state index in [0.717, 1.165) is 11.7 Å². The molecule has 0 saturated heterocycles. The molecule has 0 aliphatic heterocycles. The van der Waals surface area contributed by atoms with E-state index in [2.05, 4.69) is 17.3 Å². The number of nitrogens with two attached hydrogens (primary N) is 1. The average molecular weight is 162 g/mol. The lowest BCUT2D eigenvalue weighted by atomic mass is 10.3. The molecule has 10 heavy (non-hydrogen) atoms. The van der Waals surface area contributed by atoms with E-state index in [0.29, 0.717) is 0 Å². The molecule has 0 radical (unpaired) electrons. The van der Waals surface area contributed by atoms with Crippen molar-refractivity contribution >= 4 is 16.9 Å². The van der Waals surface area contributed by atoms with Crippen LogP contribution in [0.3, 0.4) is 0 Å². The van der Waals surface area contributed by atoms with Gasteiger partial charge in [0.05, 0.1) is 6.54 Å². The molecular weight excluding hydrogens is 146 g/mol. The summed E-state index contributed by atoms with van der Waals surface area (Å²) in [5, 5.41) is 0.938. The van der Waals surface area contributed by atoms with E-state index in [9.17, 15) is 0 Å².